The summed E-state index contributed by atoms with van der Waals surface area (Å²) in [5.41, 5.74) is 1.49. The van der Waals surface area contributed by atoms with E-state index < -0.39 is 14.9 Å². The van der Waals surface area contributed by atoms with Crippen molar-refractivity contribution in [2.24, 2.45) is 0 Å². The number of nitrogens with one attached hydrogen (secondary N) is 1. The number of benzene rings is 3. The van der Waals surface area contributed by atoms with Crippen molar-refractivity contribution >= 4 is 21.4 Å². The fourth-order valence-electron chi connectivity index (χ4n) is 2.41. The Labute approximate surface area is 145 Å². The molecule has 1 N–H and O–H groups in total. The number of nitrogens with zero attached hydrogens (tertiary/aromatic N) is 1. The molecule has 126 valence electrons. The van der Waals surface area contributed by atoms with Gasteiger partial charge in [-0.05, 0) is 35.9 Å². The summed E-state index contributed by atoms with van der Waals surface area (Å²) < 4.78 is 27.1. The highest BCUT2D eigenvalue weighted by molar-refractivity contribution is 7.92. The number of sulfonamides is 1. The molecule has 0 saturated heterocycles. The Morgan fingerprint density at radius 3 is 2.04 bits per heavy atom. The van der Waals surface area contributed by atoms with Gasteiger partial charge in [-0.25, -0.2) is 8.42 Å². The second-order valence-electron chi connectivity index (χ2n) is 5.27. The van der Waals surface area contributed by atoms with Crippen molar-refractivity contribution in [3.8, 4) is 11.1 Å². The third-order valence-electron chi connectivity index (χ3n) is 3.60. The molecule has 0 fully saturated rings. The van der Waals surface area contributed by atoms with Crippen molar-refractivity contribution in [2.45, 2.75) is 4.90 Å². The molecule has 0 aliphatic carbocycles. The predicted octanol–water partition coefficient (Wildman–Crippen LogP) is 4.06. The van der Waals surface area contributed by atoms with Gasteiger partial charge in [0.15, 0.2) is 0 Å². The quantitative estimate of drug-likeness (QED) is 0.552. The highest BCUT2D eigenvalue weighted by atomic mass is 32.2. The van der Waals surface area contributed by atoms with E-state index in [-0.39, 0.29) is 10.6 Å². The first kappa shape index (κ1) is 16.7. The number of para-hydroxylation sites is 1. The first-order valence-electron chi connectivity index (χ1n) is 7.39. The van der Waals surface area contributed by atoms with Crippen molar-refractivity contribution in [2.75, 3.05) is 4.72 Å². The van der Waals surface area contributed by atoms with Gasteiger partial charge in [-0.3, -0.25) is 14.8 Å². The molecule has 0 aliphatic heterocycles. The summed E-state index contributed by atoms with van der Waals surface area (Å²) in [4.78, 5) is 10.8. The lowest BCUT2D eigenvalue weighted by molar-refractivity contribution is -0.384. The lowest BCUT2D eigenvalue weighted by Crippen LogP contribution is -2.12. The second-order valence-corrected chi connectivity index (χ2v) is 6.95. The average molecular weight is 354 g/mol. The molecule has 6 nitrogen and oxygen atoms in total. The maximum absolute atomic E-state index is 12.3. The summed E-state index contributed by atoms with van der Waals surface area (Å²) in [6, 6.07) is 20.9. The van der Waals surface area contributed by atoms with E-state index >= 15 is 0 Å². The first-order chi connectivity index (χ1) is 12.0. The SMILES string of the molecule is O=[N+]([O-])c1ccccc1-c1ccc(NS(=O)(=O)c2ccccc2)cc1. The Bertz CT molecular complexity index is 1000. The van der Waals surface area contributed by atoms with Crippen molar-refractivity contribution in [3.05, 3.63) is 89.0 Å². The van der Waals surface area contributed by atoms with Crippen molar-refractivity contribution in [3.63, 3.8) is 0 Å². The zero-order chi connectivity index (χ0) is 17.9. The zero-order valence-corrected chi connectivity index (χ0v) is 13.8. The Kier molecular flexibility index (Phi) is 4.49. The van der Waals surface area contributed by atoms with Crippen molar-refractivity contribution in [1.82, 2.24) is 0 Å². The zero-order valence-electron chi connectivity index (χ0n) is 13.0. The number of nitro groups is 1. The molecule has 0 bridgehead atoms. The van der Waals surface area contributed by atoms with E-state index in [4.69, 9.17) is 0 Å². The van der Waals surface area contributed by atoms with Gasteiger partial charge in [-0.1, -0.05) is 42.5 Å². The topological polar surface area (TPSA) is 89.3 Å². The van der Waals surface area contributed by atoms with Crippen molar-refractivity contribution < 1.29 is 13.3 Å². The summed E-state index contributed by atoms with van der Waals surface area (Å²) in [6.45, 7) is 0. The van der Waals surface area contributed by atoms with Gasteiger partial charge in [-0.2, -0.15) is 0 Å². The van der Waals surface area contributed by atoms with E-state index in [1.165, 1.54) is 18.2 Å². The smallest absolute Gasteiger partial charge is 0.277 e. The van der Waals surface area contributed by atoms with E-state index in [2.05, 4.69) is 4.72 Å². The van der Waals surface area contributed by atoms with Crippen LogP contribution in [0.1, 0.15) is 0 Å². The minimum absolute atomic E-state index is 0.000108. The molecule has 0 saturated carbocycles. The molecule has 3 aromatic rings. The summed E-state index contributed by atoms with van der Waals surface area (Å²) in [6.07, 6.45) is 0. The maximum Gasteiger partial charge on any atom is 0.277 e. The Hall–Kier alpha value is -3.19. The van der Waals surface area contributed by atoms with Crippen LogP contribution in [-0.4, -0.2) is 13.3 Å². The van der Waals surface area contributed by atoms with Gasteiger partial charge >= 0.3 is 0 Å². The summed E-state index contributed by atoms with van der Waals surface area (Å²) >= 11 is 0. The number of anilines is 1. The molecule has 0 amide bonds. The Balaban J connectivity index is 1.88. The van der Waals surface area contributed by atoms with Crippen LogP contribution in [0.3, 0.4) is 0 Å². The monoisotopic (exact) mass is 354 g/mol. The molecule has 0 atom stereocenters. The van der Waals surface area contributed by atoms with Crippen LogP contribution in [0.4, 0.5) is 11.4 Å². The van der Waals surface area contributed by atoms with Crippen LogP contribution in [0, 0.1) is 10.1 Å². The molecule has 0 aromatic heterocycles. The standard InChI is InChI=1S/C18H14N2O4S/c21-20(22)18-9-5-4-8-17(18)14-10-12-15(13-11-14)19-25(23,24)16-6-2-1-3-7-16/h1-13,19H. The number of hydrogen-bond donors (Lipinski definition) is 1. The van der Waals surface area contributed by atoms with Gasteiger partial charge < -0.3 is 0 Å². The molecule has 0 unspecified atom stereocenters. The molecule has 3 rings (SSSR count). The summed E-state index contributed by atoms with van der Waals surface area (Å²) in [5, 5.41) is 11.1. The van der Waals surface area contributed by atoms with Gasteiger partial charge in [0.2, 0.25) is 0 Å². The highest BCUT2D eigenvalue weighted by Crippen LogP contribution is 2.30. The lowest BCUT2D eigenvalue weighted by Gasteiger charge is -2.09. The van der Waals surface area contributed by atoms with Gasteiger partial charge in [0.1, 0.15) is 0 Å². The van der Waals surface area contributed by atoms with Gasteiger partial charge in [0.25, 0.3) is 15.7 Å². The third-order valence-corrected chi connectivity index (χ3v) is 5.00. The van der Waals surface area contributed by atoms with Crippen LogP contribution in [-0.2, 0) is 10.0 Å². The first-order valence-corrected chi connectivity index (χ1v) is 8.87. The van der Waals surface area contributed by atoms with Crippen LogP contribution >= 0.6 is 0 Å². The molecule has 7 heteroatoms. The van der Waals surface area contributed by atoms with E-state index in [1.54, 1.807) is 60.7 Å². The van der Waals surface area contributed by atoms with Crippen LogP contribution in [0.5, 0.6) is 0 Å². The lowest BCUT2D eigenvalue weighted by atomic mass is 10.0. The molecule has 0 heterocycles. The minimum Gasteiger partial charge on any atom is -0.280 e. The van der Waals surface area contributed by atoms with Crippen LogP contribution < -0.4 is 4.72 Å². The van der Waals surface area contributed by atoms with Crippen LogP contribution in [0.25, 0.3) is 11.1 Å². The maximum atomic E-state index is 12.3. The number of hydrogen-bond acceptors (Lipinski definition) is 4. The largest absolute Gasteiger partial charge is 0.280 e. The fraction of sp³-hybridized carbons (Fsp3) is 0. The third kappa shape index (κ3) is 3.67. The van der Waals surface area contributed by atoms with Crippen LogP contribution in [0.2, 0.25) is 0 Å². The normalized spacial score (nSPS) is 11.0. The van der Waals surface area contributed by atoms with Gasteiger partial charge in [0.05, 0.1) is 15.4 Å². The van der Waals surface area contributed by atoms with E-state index in [0.717, 1.165) is 0 Å². The molecule has 0 aliphatic rings. The molecule has 3 aromatic carbocycles. The van der Waals surface area contributed by atoms with Gasteiger partial charge in [-0.15, -0.1) is 0 Å². The molecule has 25 heavy (non-hydrogen) atoms. The predicted molar refractivity (Wildman–Crippen MR) is 95.8 cm³/mol. The molecule has 0 spiro atoms. The second kappa shape index (κ2) is 6.74. The van der Waals surface area contributed by atoms with E-state index in [0.29, 0.717) is 16.8 Å². The van der Waals surface area contributed by atoms with Crippen LogP contribution in [0.15, 0.2) is 83.8 Å². The molecular formula is C18H14N2O4S. The number of rotatable bonds is 5. The average Bonchev–Trinajstić information content (AvgIpc) is 2.63. The van der Waals surface area contributed by atoms with Gasteiger partial charge in [0, 0.05) is 11.8 Å². The van der Waals surface area contributed by atoms with Crippen molar-refractivity contribution in [1.29, 1.82) is 0 Å². The summed E-state index contributed by atoms with van der Waals surface area (Å²) in [7, 11) is -3.67. The van der Waals surface area contributed by atoms with E-state index in [1.807, 2.05) is 0 Å². The Morgan fingerprint density at radius 1 is 0.800 bits per heavy atom. The molecule has 0 radical (unpaired) electrons. The number of nitro benzene ring substituents is 1. The fourth-order valence-corrected chi connectivity index (χ4v) is 3.49. The Morgan fingerprint density at radius 2 is 1.40 bits per heavy atom. The summed E-state index contributed by atoms with van der Waals surface area (Å²) in [5.74, 6) is 0. The highest BCUT2D eigenvalue weighted by Gasteiger charge is 2.16. The minimum atomic E-state index is -3.67. The van der Waals surface area contributed by atoms with E-state index in [9.17, 15) is 18.5 Å². The molecular weight excluding hydrogens is 340 g/mol.